The number of nitrogens with one attached hydrogen (secondary N) is 2. The number of ether oxygens (including phenoxy) is 2. The lowest BCUT2D eigenvalue weighted by atomic mass is 10.1. The second-order valence-electron chi connectivity index (χ2n) is 8.47. The number of carbonyl (C=O) groups is 1. The van der Waals surface area contributed by atoms with E-state index in [1.165, 1.54) is 0 Å². The Balaban J connectivity index is 1.34. The molecule has 0 aliphatic carbocycles. The van der Waals surface area contributed by atoms with Crippen LogP contribution in [0.15, 0.2) is 79.0 Å². The molecule has 1 aromatic heterocycles. The maximum absolute atomic E-state index is 12.8. The summed E-state index contributed by atoms with van der Waals surface area (Å²) in [6.45, 7) is 4.57. The van der Waals surface area contributed by atoms with Crippen LogP contribution in [-0.2, 0) is 4.74 Å². The van der Waals surface area contributed by atoms with E-state index in [1.54, 1.807) is 18.3 Å². The van der Waals surface area contributed by atoms with Crippen LogP contribution in [0.1, 0.15) is 21.6 Å². The summed E-state index contributed by atoms with van der Waals surface area (Å²) >= 11 is 0. The molecule has 176 valence electrons. The number of hydrogen-bond donors (Lipinski definition) is 2. The molecular formula is C28H26N4O3. The summed E-state index contributed by atoms with van der Waals surface area (Å²) in [6, 6.07) is 22.6. The predicted octanol–water partition coefficient (Wildman–Crippen LogP) is 5.25. The smallest absolute Gasteiger partial charge is 0.255 e. The molecule has 1 fully saturated rings. The molecule has 1 saturated heterocycles. The Morgan fingerprint density at radius 1 is 0.971 bits per heavy atom. The molecule has 35 heavy (non-hydrogen) atoms. The highest BCUT2D eigenvalue weighted by Gasteiger charge is 2.17. The largest absolute Gasteiger partial charge is 0.457 e. The number of fused-ring (bicyclic) bond motifs is 1. The van der Waals surface area contributed by atoms with Crippen LogP contribution >= 0.6 is 0 Å². The topological polar surface area (TPSA) is 87.5 Å². The first-order valence-corrected chi connectivity index (χ1v) is 11.5. The van der Waals surface area contributed by atoms with Gasteiger partial charge in [0.15, 0.2) is 0 Å². The Hall–Kier alpha value is -4.23. The third kappa shape index (κ3) is 5.31. The maximum atomic E-state index is 12.8. The second-order valence-corrected chi connectivity index (χ2v) is 8.47. The number of hydrogen-bond acceptors (Lipinski definition) is 5. The number of benzene rings is 3. The molecule has 2 N–H and O–H groups in total. The van der Waals surface area contributed by atoms with Crippen LogP contribution in [0, 0.1) is 12.3 Å². The number of aryl methyl sites for hydroxylation is 1. The van der Waals surface area contributed by atoms with Crippen molar-refractivity contribution in [3.8, 4) is 11.5 Å². The summed E-state index contributed by atoms with van der Waals surface area (Å²) in [5.74, 6) is 1.44. The van der Waals surface area contributed by atoms with Gasteiger partial charge in [0.05, 0.1) is 13.2 Å². The number of amidine groups is 1. The normalized spacial score (nSPS) is 13.5. The molecule has 4 aromatic rings. The Bertz CT molecular complexity index is 1400. The van der Waals surface area contributed by atoms with Crippen molar-refractivity contribution in [2.45, 2.75) is 6.92 Å². The summed E-state index contributed by atoms with van der Waals surface area (Å²) < 4.78 is 11.5. The van der Waals surface area contributed by atoms with Crippen LogP contribution < -0.4 is 10.1 Å². The van der Waals surface area contributed by atoms with Gasteiger partial charge in [0, 0.05) is 36.6 Å². The lowest BCUT2D eigenvalue weighted by Crippen LogP contribution is -2.41. The lowest BCUT2D eigenvalue weighted by Gasteiger charge is -2.28. The van der Waals surface area contributed by atoms with Gasteiger partial charge in [-0.25, -0.2) is 0 Å². The fraction of sp³-hybridized carbons (Fsp3) is 0.179. The van der Waals surface area contributed by atoms with Gasteiger partial charge in [-0.1, -0.05) is 24.3 Å². The quantitative estimate of drug-likeness (QED) is 0.310. The number of amides is 1. The average Bonchev–Trinajstić information content (AvgIpc) is 2.88. The van der Waals surface area contributed by atoms with Gasteiger partial charge in [0.25, 0.3) is 5.91 Å². The Kier molecular flexibility index (Phi) is 6.41. The van der Waals surface area contributed by atoms with Crippen LogP contribution in [0.4, 0.5) is 5.69 Å². The molecule has 7 nitrogen and oxygen atoms in total. The third-order valence-electron chi connectivity index (χ3n) is 5.89. The van der Waals surface area contributed by atoms with Crippen molar-refractivity contribution in [2.24, 2.45) is 0 Å². The zero-order chi connectivity index (χ0) is 24.2. The third-order valence-corrected chi connectivity index (χ3v) is 5.89. The zero-order valence-electron chi connectivity index (χ0n) is 19.5. The molecule has 5 rings (SSSR count). The van der Waals surface area contributed by atoms with Gasteiger partial charge < -0.3 is 19.7 Å². The molecular weight excluding hydrogens is 440 g/mol. The van der Waals surface area contributed by atoms with E-state index in [1.807, 2.05) is 72.5 Å². The molecule has 2 heterocycles. The minimum absolute atomic E-state index is 0.163. The maximum Gasteiger partial charge on any atom is 0.255 e. The molecule has 0 atom stereocenters. The fourth-order valence-corrected chi connectivity index (χ4v) is 4.04. The Morgan fingerprint density at radius 2 is 1.77 bits per heavy atom. The van der Waals surface area contributed by atoms with E-state index in [9.17, 15) is 4.79 Å². The van der Waals surface area contributed by atoms with E-state index >= 15 is 0 Å². The first-order chi connectivity index (χ1) is 17.0. The number of pyridine rings is 1. The fourth-order valence-electron chi connectivity index (χ4n) is 4.04. The van der Waals surface area contributed by atoms with Crippen LogP contribution in [0.5, 0.6) is 11.5 Å². The lowest BCUT2D eigenvalue weighted by molar-refractivity contribution is 0.0679. The van der Waals surface area contributed by atoms with Gasteiger partial charge in [-0.15, -0.1) is 0 Å². The molecule has 1 aliphatic rings. The first-order valence-electron chi connectivity index (χ1n) is 11.5. The summed E-state index contributed by atoms with van der Waals surface area (Å²) in [5, 5.41) is 13.3. The van der Waals surface area contributed by atoms with Gasteiger partial charge >= 0.3 is 0 Å². The molecule has 7 heteroatoms. The molecule has 0 saturated carbocycles. The SMILES string of the molecule is Cc1cccc(NC(=O)c2ccc3ccc(Oc4ccnc(C(=N)N5CCOCC5)c4)cc3c2)c1. The van der Waals surface area contributed by atoms with Crippen molar-refractivity contribution >= 4 is 28.2 Å². The number of nitrogens with zero attached hydrogens (tertiary/aromatic N) is 2. The summed E-state index contributed by atoms with van der Waals surface area (Å²) in [7, 11) is 0. The standard InChI is InChI=1S/C28H26N4O3/c1-19-3-2-4-23(15-19)31-28(33)21-6-5-20-7-8-24(17-22(20)16-21)35-25-9-10-30-26(18-25)27(29)32-11-13-34-14-12-32/h2-10,15-18,29H,11-14H2,1H3,(H,31,33). The molecule has 3 aromatic carbocycles. The molecule has 1 aliphatic heterocycles. The highest BCUT2D eigenvalue weighted by atomic mass is 16.5. The molecule has 1 amide bonds. The number of rotatable bonds is 5. The van der Waals surface area contributed by atoms with E-state index in [0.717, 1.165) is 22.0 Å². The predicted molar refractivity (Wildman–Crippen MR) is 137 cm³/mol. The number of aromatic nitrogens is 1. The van der Waals surface area contributed by atoms with E-state index in [-0.39, 0.29) is 5.91 Å². The number of morpholine rings is 1. The molecule has 0 spiro atoms. The molecule has 0 bridgehead atoms. The van der Waals surface area contributed by atoms with Crippen LogP contribution in [0.25, 0.3) is 10.8 Å². The van der Waals surface area contributed by atoms with Crippen molar-refractivity contribution in [1.29, 1.82) is 5.41 Å². The molecule has 0 radical (unpaired) electrons. The Morgan fingerprint density at radius 3 is 2.60 bits per heavy atom. The van der Waals surface area contributed by atoms with Gasteiger partial charge in [-0.3, -0.25) is 15.2 Å². The van der Waals surface area contributed by atoms with E-state index in [4.69, 9.17) is 14.9 Å². The van der Waals surface area contributed by atoms with E-state index in [0.29, 0.717) is 54.9 Å². The van der Waals surface area contributed by atoms with Gasteiger partial charge in [0.2, 0.25) is 0 Å². The monoisotopic (exact) mass is 466 g/mol. The van der Waals surface area contributed by atoms with Crippen LogP contribution in [0.3, 0.4) is 0 Å². The van der Waals surface area contributed by atoms with Crippen molar-refractivity contribution < 1.29 is 14.3 Å². The summed E-state index contributed by atoms with van der Waals surface area (Å²) in [6.07, 6.45) is 1.65. The minimum atomic E-state index is -0.163. The first kappa shape index (κ1) is 22.6. The van der Waals surface area contributed by atoms with Crippen molar-refractivity contribution in [3.63, 3.8) is 0 Å². The van der Waals surface area contributed by atoms with E-state index < -0.39 is 0 Å². The van der Waals surface area contributed by atoms with E-state index in [2.05, 4.69) is 10.3 Å². The zero-order valence-corrected chi connectivity index (χ0v) is 19.5. The molecule has 0 unspecified atom stereocenters. The minimum Gasteiger partial charge on any atom is -0.457 e. The second kappa shape index (κ2) is 9.95. The highest BCUT2D eigenvalue weighted by molar-refractivity contribution is 6.06. The summed E-state index contributed by atoms with van der Waals surface area (Å²) in [5.41, 5.74) is 2.98. The van der Waals surface area contributed by atoms with Crippen molar-refractivity contribution in [2.75, 3.05) is 31.6 Å². The summed E-state index contributed by atoms with van der Waals surface area (Å²) in [4.78, 5) is 19.1. The van der Waals surface area contributed by atoms with Crippen molar-refractivity contribution in [3.05, 3.63) is 95.8 Å². The van der Waals surface area contributed by atoms with Gasteiger partial charge in [-0.05, 0) is 65.7 Å². The van der Waals surface area contributed by atoms with Crippen LogP contribution in [0.2, 0.25) is 0 Å². The number of carbonyl (C=O) groups excluding carboxylic acids is 1. The van der Waals surface area contributed by atoms with Gasteiger partial charge in [0.1, 0.15) is 23.0 Å². The highest BCUT2D eigenvalue weighted by Crippen LogP contribution is 2.27. The average molecular weight is 467 g/mol. The number of anilines is 1. The van der Waals surface area contributed by atoms with Crippen molar-refractivity contribution in [1.82, 2.24) is 9.88 Å². The van der Waals surface area contributed by atoms with Crippen LogP contribution in [-0.4, -0.2) is 47.9 Å². The Labute approximate surface area is 203 Å². The van der Waals surface area contributed by atoms with Gasteiger partial charge in [-0.2, -0.15) is 0 Å².